The van der Waals surface area contributed by atoms with Gasteiger partial charge in [0.05, 0.1) is 11.2 Å². The molecule has 0 atom stereocenters. The zero-order valence-electron chi connectivity index (χ0n) is 13.7. The van der Waals surface area contributed by atoms with Gasteiger partial charge in [0.25, 0.3) is 0 Å². The van der Waals surface area contributed by atoms with Crippen LogP contribution in [0.2, 0.25) is 0 Å². The summed E-state index contributed by atoms with van der Waals surface area (Å²) in [4.78, 5) is 0. The van der Waals surface area contributed by atoms with Crippen LogP contribution in [0.1, 0.15) is 44.2 Å². The Labute approximate surface area is 135 Å². The zero-order chi connectivity index (χ0) is 16.6. The summed E-state index contributed by atoms with van der Waals surface area (Å²) >= 11 is 0. The number of rotatable bonds is 4. The third-order valence-electron chi connectivity index (χ3n) is 4.27. The average molecular weight is 313 g/mol. The standard InChI is InChI=1S/C20H21F2N/c1-4-5-15-12-23(19-11-16(21)7-8-17(15)19)20-10-14(13(2)3)6-9-18(20)22/h6-13H,4-5H2,1-3H3. The molecular weight excluding hydrogens is 292 g/mol. The molecule has 0 amide bonds. The topological polar surface area (TPSA) is 4.93 Å². The molecule has 3 heteroatoms. The first kappa shape index (κ1) is 15.7. The molecule has 3 rings (SSSR count). The van der Waals surface area contributed by atoms with Crippen LogP contribution in [-0.4, -0.2) is 4.57 Å². The fourth-order valence-corrected chi connectivity index (χ4v) is 3.01. The largest absolute Gasteiger partial charge is 0.313 e. The SMILES string of the molecule is CCCc1cn(-c2cc(C(C)C)ccc2F)c2cc(F)ccc12. The number of aryl methyl sites for hydroxylation is 1. The van der Waals surface area contributed by atoms with Crippen LogP contribution < -0.4 is 0 Å². The molecule has 120 valence electrons. The number of hydrogen-bond donors (Lipinski definition) is 0. The van der Waals surface area contributed by atoms with E-state index in [1.807, 2.05) is 18.3 Å². The molecule has 0 bridgehead atoms. The van der Waals surface area contributed by atoms with Gasteiger partial charge in [0.2, 0.25) is 0 Å². The van der Waals surface area contributed by atoms with E-state index in [0.717, 1.165) is 29.4 Å². The number of nitrogens with zero attached hydrogens (tertiary/aromatic N) is 1. The maximum atomic E-state index is 14.4. The molecule has 0 aliphatic heterocycles. The summed E-state index contributed by atoms with van der Waals surface area (Å²) in [6.45, 7) is 6.26. The van der Waals surface area contributed by atoms with Crippen molar-refractivity contribution in [3.63, 3.8) is 0 Å². The summed E-state index contributed by atoms with van der Waals surface area (Å²) < 4.78 is 29.9. The first-order chi connectivity index (χ1) is 11.0. The Bertz CT molecular complexity index is 846. The van der Waals surface area contributed by atoms with E-state index in [2.05, 4.69) is 20.8 Å². The predicted octanol–water partition coefficient (Wildman–Crippen LogP) is 5.98. The fraction of sp³-hybridized carbons (Fsp3) is 0.300. The molecule has 0 N–H and O–H groups in total. The highest BCUT2D eigenvalue weighted by atomic mass is 19.1. The molecule has 0 radical (unpaired) electrons. The number of fused-ring (bicyclic) bond motifs is 1. The molecule has 0 saturated heterocycles. The molecule has 0 fully saturated rings. The van der Waals surface area contributed by atoms with Crippen LogP contribution in [-0.2, 0) is 6.42 Å². The molecule has 0 spiro atoms. The van der Waals surface area contributed by atoms with Crippen LogP contribution in [0.3, 0.4) is 0 Å². The van der Waals surface area contributed by atoms with Gasteiger partial charge in [-0.15, -0.1) is 0 Å². The molecule has 0 saturated carbocycles. The van der Waals surface area contributed by atoms with Crippen LogP contribution in [0.25, 0.3) is 16.6 Å². The normalized spacial score (nSPS) is 11.6. The number of benzene rings is 2. The van der Waals surface area contributed by atoms with Crippen LogP contribution in [0, 0.1) is 11.6 Å². The molecule has 1 heterocycles. The van der Waals surface area contributed by atoms with Crippen molar-refractivity contribution in [1.29, 1.82) is 0 Å². The van der Waals surface area contributed by atoms with Gasteiger partial charge in [0, 0.05) is 11.6 Å². The van der Waals surface area contributed by atoms with Gasteiger partial charge in [-0.25, -0.2) is 8.78 Å². The van der Waals surface area contributed by atoms with Crippen molar-refractivity contribution in [1.82, 2.24) is 4.57 Å². The van der Waals surface area contributed by atoms with Gasteiger partial charge in [-0.1, -0.05) is 33.3 Å². The summed E-state index contributed by atoms with van der Waals surface area (Å²) in [6, 6.07) is 9.90. The second-order valence-corrected chi connectivity index (χ2v) is 6.30. The van der Waals surface area contributed by atoms with Crippen LogP contribution in [0.5, 0.6) is 0 Å². The highest BCUT2D eigenvalue weighted by Crippen LogP contribution is 2.29. The van der Waals surface area contributed by atoms with Crippen molar-refractivity contribution in [2.75, 3.05) is 0 Å². The average Bonchev–Trinajstić information content (AvgIpc) is 2.85. The van der Waals surface area contributed by atoms with E-state index in [4.69, 9.17) is 0 Å². The quantitative estimate of drug-likeness (QED) is 0.558. The van der Waals surface area contributed by atoms with E-state index in [-0.39, 0.29) is 11.6 Å². The van der Waals surface area contributed by atoms with Gasteiger partial charge in [0.1, 0.15) is 11.6 Å². The number of hydrogen-bond acceptors (Lipinski definition) is 0. The van der Waals surface area contributed by atoms with Gasteiger partial charge in [-0.3, -0.25) is 0 Å². The van der Waals surface area contributed by atoms with Gasteiger partial charge in [-0.2, -0.15) is 0 Å². The summed E-state index contributed by atoms with van der Waals surface area (Å²) in [7, 11) is 0. The van der Waals surface area contributed by atoms with Crippen molar-refractivity contribution in [3.8, 4) is 5.69 Å². The lowest BCUT2D eigenvalue weighted by atomic mass is 10.0. The second kappa shape index (κ2) is 6.15. The van der Waals surface area contributed by atoms with Gasteiger partial charge in [0.15, 0.2) is 0 Å². The maximum Gasteiger partial charge on any atom is 0.147 e. The van der Waals surface area contributed by atoms with E-state index < -0.39 is 0 Å². The van der Waals surface area contributed by atoms with Crippen LogP contribution in [0.15, 0.2) is 42.6 Å². The Morgan fingerprint density at radius 2 is 1.83 bits per heavy atom. The van der Waals surface area contributed by atoms with Crippen molar-refractivity contribution < 1.29 is 8.78 Å². The Kier molecular flexibility index (Phi) is 4.20. The summed E-state index contributed by atoms with van der Waals surface area (Å²) in [5.41, 5.74) is 3.39. The maximum absolute atomic E-state index is 14.4. The van der Waals surface area contributed by atoms with E-state index in [9.17, 15) is 8.78 Å². The smallest absolute Gasteiger partial charge is 0.147 e. The van der Waals surface area contributed by atoms with E-state index >= 15 is 0 Å². The van der Waals surface area contributed by atoms with E-state index in [0.29, 0.717) is 17.1 Å². The van der Waals surface area contributed by atoms with Gasteiger partial charge in [-0.05, 0) is 53.8 Å². The minimum absolute atomic E-state index is 0.293. The second-order valence-electron chi connectivity index (χ2n) is 6.30. The van der Waals surface area contributed by atoms with Gasteiger partial charge >= 0.3 is 0 Å². The third kappa shape index (κ3) is 2.88. The first-order valence-electron chi connectivity index (χ1n) is 8.10. The van der Waals surface area contributed by atoms with Crippen molar-refractivity contribution in [2.45, 2.75) is 39.5 Å². The van der Waals surface area contributed by atoms with Gasteiger partial charge < -0.3 is 4.57 Å². The van der Waals surface area contributed by atoms with Crippen molar-refractivity contribution in [3.05, 3.63) is 65.4 Å². The molecule has 0 aliphatic carbocycles. The van der Waals surface area contributed by atoms with E-state index in [1.54, 1.807) is 10.6 Å². The minimum Gasteiger partial charge on any atom is -0.313 e. The highest BCUT2D eigenvalue weighted by molar-refractivity contribution is 5.85. The Hall–Kier alpha value is -2.16. The van der Waals surface area contributed by atoms with Crippen LogP contribution in [0.4, 0.5) is 8.78 Å². The number of aromatic nitrogens is 1. The highest BCUT2D eigenvalue weighted by Gasteiger charge is 2.14. The molecule has 2 aromatic carbocycles. The molecule has 0 unspecified atom stereocenters. The lowest BCUT2D eigenvalue weighted by Gasteiger charge is -2.11. The minimum atomic E-state index is -0.305. The molecule has 23 heavy (non-hydrogen) atoms. The van der Waals surface area contributed by atoms with Crippen molar-refractivity contribution >= 4 is 10.9 Å². The molecular formula is C20H21F2N. The molecule has 1 aromatic heterocycles. The predicted molar refractivity (Wildman–Crippen MR) is 91.3 cm³/mol. The Morgan fingerprint density at radius 1 is 1.04 bits per heavy atom. The van der Waals surface area contributed by atoms with Crippen LogP contribution >= 0.6 is 0 Å². The fourth-order valence-electron chi connectivity index (χ4n) is 3.01. The summed E-state index contributed by atoms with van der Waals surface area (Å²) in [5.74, 6) is -0.290. The zero-order valence-corrected chi connectivity index (χ0v) is 13.7. The monoisotopic (exact) mass is 313 g/mol. The summed E-state index contributed by atoms with van der Waals surface area (Å²) in [5, 5.41) is 0.989. The third-order valence-corrected chi connectivity index (χ3v) is 4.27. The molecule has 0 aliphatic rings. The molecule has 3 aromatic rings. The van der Waals surface area contributed by atoms with Crippen molar-refractivity contribution in [2.24, 2.45) is 0 Å². The lowest BCUT2D eigenvalue weighted by molar-refractivity contribution is 0.616. The Morgan fingerprint density at radius 3 is 2.52 bits per heavy atom. The molecule has 1 nitrogen and oxygen atoms in total. The number of halogens is 2. The first-order valence-corrected chi connectivity index (χ1v) is 8.10. The Balaban J connectivity index is 2.27. The lowest BCUT2D eigenvalue weighted by Crippen LogP contribution is -1.99. The van der Waals surface area contributed by atoms with E-state index in [1.165, 1.54) is 18.2 Å². The summed E-state index contributed by atoms with van der Waals surface area (Å²) in [6.07, 6.45) is 3.82.